The summed E-state index contributed by atoms with van der Waals surface area (Å²) in [6, 6.07) is 12.7. The number of hydrogen-bond acceptors (Lipinski definition) is 3. The minimum absolute atomic E-state index is 0. The van der Waals surface area contributed by atoms with Gasteiger partial charge in [-0.3, -0.25) is 9.79 Å². The largest absolute Gasteiger partial charge is 0.497 e. The fourth-order valence-electron chi connectivity index (χ4n) is 3.62. The van der Waals surface area contributed by atoms with Crippen LogP contribution in [0.15, 0.2) is 47.5 Å². The molecule has 1 aliphatic heterocycles. The molecule has 0 bridgehead atoms. The maximum Gasteiger partial charge on any atom is 0.251 e. The minimum atomic E-state index is -0.373. The predicted octanol–water partition coefficient (Wildman–Crippen LogP) is 3.56. The van der Waals surface area contributed by atoms with Gasteiger partial charge in [0, 0.05) is 44.7 Å². The number of aliphatic imine (C=N–C) groups is 1. The summed E-state index contributed by atoms with van der Waals surface area (Å²) in [5, 5.41) is 6.10. The summed E-state index contributed by atoms with van der Waals surface area (Å²) in [5.74, 6) is 1.47. The van der Waals surface area contributed by atoms with Gasteiger partial charge in [0.2, 0.25) is 0 Å². The topological polar surface area (TPSA) is 66.0 Å². The molecule has 3 rings (SSSR count). The quantitative estimate of drug-likeness (QED) is 0.255. The monoisotopic (exact) mass is 540 g/mol. The fraction of sp³-hybridized carbons (Fsp3) is 0.391. The van der Waals surface area contributed by atoms with Gasteiger partial charge in [-0.1, -0.05) is 18.2 Å². The predicted molar refractivity (Wildman–Crippen MR) is 132 cm³/mol. The zero-order chi connectivity index (χ0) is 21.5. The Kier molecular flexibility index (Phi) is 9.54. The first kappa shape index (κ1) is 24.9. The van der Waals surface area contributed by atoms with E-state index in [0.717, 1.165) is 31.2 Å². The Morgan fingerprint density at radius 1 is 1.19 bits per heavy atom. The van der Waals surface area contributed by atoms with Gasteiger partial charge in [-0.2, -0.15) is 0 Å². The van der Waals surface area contributed by atoms with Crippen LogP contribution in [0.25, 0.3) is 0 Å². The molecule has 1 fully saturated rings. The molecule has 1 saturated heterocycles. The fourth-order valence-corrected chi connectivity index (χ4v) is 3.62. The van der Waals surface area contributed by atoms with E-state index in [1.807, 2.05) is 12.1 Å². The molecule has 0 saturated carbocycles. The summed E-state index contributed by atoms with van der Waals surface area (Å²) in [6.45, 7) is 4.44. The van der Waals surface area contributed by atoms with Crippen LogP contribution < -0.4 is 15.4 Å². The third-order valence-electron chi connectivity index (χ3n) is 5.41. The van der Waals surface area contributed by atoms with Gasteiger partial charge in [0.25, 0.3) is 5.91 Å². The maximum absolute atomic E-state index is 13.6. The molecule has 1 unspecified atom stereocenters. The highest BCUT2D eigenvalue weighted by atomic mass is 127. The number of likely N-dealkylation sites (tertiary alicyclic amines) is 1. The lowest BCUT2D eigenvalue weighted by Gasteiger charge is -2.22. The molecule has 168 valence electrons. The molecule has 2 N–H and O–H groups in total. The second-order valence-corrected chi connectivity index (χ2v) is 7.40. The number of nitrogens with one attached hydrogen (secondary N) is 2. The number of aryl methyl sites for hydroxylation is 1. The molecule has 0 aromatic heterocycles. The summed E-state index contributed by atoms with van der Waals surface area (Å²) in [6.07, 6.45) is 1.06. The molecule has 0 radical (unpaired) electrons. The van der Waals surface area contributed by atoms with Crippen LogP contribution in [0.2, 0.25) is 0 Å². The second kappa shape index (κ2) is 11.9. The zero-order valence-corrected chi connectivity index (χ0v) is 20.5. The number of ether oxygens (including phenoxy) is 1. The third kappa shape index (κ3) is 6.56. The second-order valence-electron chi connectivity index (χ2n) is 7.40. The summed E-state index contributed by atoms with van der Waals surface area (Å²) >= 11 is 0. The van der Waals surface area contributed by atoms with E-state index in [0.29, 0.717) is 30.1 Å². The molecule has 0 spiro atoms. The van der Waals surface area contributed by atoms with E-state index in [4.69, 9.17) is 4.74 Å². The highest BCUT2D eigenvalue weighted by Crippen LogP contribution is 2.28. The normalized spacial score (nSPS) is 15.9. The van der Waals surface area contributed by atoms with Crippen molar-refractivity contribution in [2.45, 2.75) is 19.3 Å². The van der Waals surface area contributed by atoms with Gasteiger partial charge in [0.15, 0.2) is 5.96 Å². The van der Waals surface area contributed by atoms with E-state index in [2.05, 4.69) is 32.7 Å². The first-order chi connectivity index (χ1) is 14.5. The van der Waals surface area contributed by atoms with Crippen molar-refractivity contribution in [1.82, 2.24) is 15.5 Å². The molecular weight excluding hydrogens is 510 g/mol. The van der Waals surface area contributed by atoms with Gasteiger partial charge in [-0.25, -0.2) is 4.39 Å². The lowest BCUT2D eigenvalue weighted by molar-refractivity contribution is 0.0954. The van der Waals surface area contributed by atoms with E-state index >= 15 is 0 Å². The Bertz CT molecular complexity index is 905. The van der Waals surface area contributed by atoms with Crippen LogP contribution in [0.5, 0.6) is 5.75 Å². The molecule has 8 heteroatoms. The minimum Gasteiger partial charge on any atom is -0.497 e. The number of rotatable bonds is 6. The SMILES string of the molecule is CN=C(NCCNC(=O)c1ccc(C)c(F)c1)N1CCC(c2ccc(OC)cc2)C1.I. The number of nitrogens with zero attached hydrogens (tertiary/aromatic N) is 2. The van der Waals surface area contributed by atoms with Crippen molar-refractivity contribution in [3.05, 3.63) is 65.0 Å². The van der Waals surface area contributed by atoms with Crippen LogP contribution in [0.1, 0.15) is 33.8 Å². The first-order valence-electron chi connectivity index (χ1n) is 10.2. The number of carbonyl (C=O) groups is 1. The van der Waals surface area contributed by atoms with Gasteiger partial charge in [0.05, 0.1) is 7.11 Å². The Balaban J connectivity index is 0.00000341. The smallest absolute Gasteiger partial charge is 0.251 e. The van der Waals surface area contributed by atoms with Crippen LogP contribution in [0.3, 0.4) is 0 Å². The maximum atomic E-state index is 13.6. The molecule has 1 aliphatic rings. The lowest BCUT2D eigenvalue weighted by Crippen LogP contribution is -2.43. The summed E-state index contributed by atoms with van der Waals surface area (Å²) < 4.78 is 18.9. The van der Waals surface area contributed by atoms with Crippen molar-refractivity contribution in [2.75, 3.05) is 40.3 Å². The number of amides is 1. The van der Waals surface area contributed by atoms with Gasteiger partial charge in [0.1, 0.15) is 11.6 Å². The molecular formula is C23H30FIN4O2. The van der Waals surface area contributed by atoms with Crippen molar-refractivity contribution in [1.29, 1.82) is 0 Å². The van der Waals surface area contributed by atoms with Crippen molar-refractivity contribution >= 4 is 35.8 Å². The van der Waals surface area contributed by atoms with E-state index in [9.17, 15) is 9.18 Å². The van der Waals surface area contributed by atoms with Crippen LogP contribution in [0, 0.1) is 12.7 Å². The standard InChI is InChI=1S/C23H29FN4O2.HI/c1-16-4-5-18(14-21(16)24)22(29)26-11-12-27-23(25-2)28-13-10-19(15-28)17-6-8-20(30-3)9-7-17;/h4-9,14,19H,10-13,15H2,1-3H3,(H,25,27)(H,26,29);1H. The molecule has 1 heterocycles. The highest BCUT2D eigenvalue weighted by molar-refractivity contribution is 14.0. The Morgan fingerprint density at radius 2 is 1.90 bits per heavy atom. The van der Waals surface area contributed by atoms with E-state index in [1.165, 1.54) is 11.6 Å². The number of carbonyl (C=O) groups excluding carboxylic acids is 1. The zero-order valence-electron chi connectivity index (χ0n) is 18.2. The van der Waals surface area contributed by atoms with Crippen LogP contribution in [-0.4, -0.2) is 57.1 Å². The van der Waals surface area contributed by atoms with E-state index in [1.54, 1.807) is 33.2 Å². The van der Waals surface area contributed by atoms with Gasteiger partial charge < -0.3 is 20.3 Å². The van der Waals surface area contributed by atoms with Crippen molar-refractivity contribution in [2.24, 2.45) is 4.99 Å². The van der Waals surface area contributed by atoms with Gasteiger partial charge in [-0.15, -0.1) is 24.0 Å². The number of halogens is 2. The number of guanidine groups is 1. The van der Waals surface area contributed by atoms with Crippen molar-refractivity contribution < 1.29 is 13.9 Å². The number of hydrogen-bond donors (Lipinski definition) is 2. The summed E-state index contributed by atoms with van der Waals surface area (Å²) in [4.78, 5) is 18.8. The van der Waals surface area contributed by atoms with E-state index < -0.39 is 0 Å². The molecule has 31 heavy (non-hydrogen) atoms. The number of methoxy groups -OCH3 is 1. The van der Waals surface area contributed by atoms with E-state index in [-0.39, 0.29) is 35.7 Å². The van der Waals surface area contributed by atoms with Gasteiger partial charge in [-0.05, 0) is 48.7 Å². The first-order valence-corrected chi connectivity index (χ1v) is 10.2. The third-order valence-corrected chi connectivity index (χ3v) is 5.41. The average molecular weight is 540 g/mol. The Morgan fingerprint density at radius 3 is 2.55 bits per heavy atom. The number of benzene rings is 2. The van der Waals surface area contributed by atoms with Crippen LogP contribution >= 0.6 is 24.0 Å². The van der Waals surface area contributed by atoms with Gasteiger partial charge >= 0.3 is 0 Å². The average Bonchev–Trinajstić information content (AvgIpc) is 3.25. The summed E-state index contributed by atoms with van der Waals surface area (Å²) in [5.41, 5.74) is 2.14. The van der Waals surface area contributed by atoms with Crippen molar-refractivity contribution in [3.8, 4) is 5.75 Å². The molecule has 2 aromatic rings. The highest BCUT2D eigenvalue weighted by Gasteiger charge is 2.26. The Hall–Kier alpha value is -2.36. The lowest BCUT2D eigenvalue weighted by atomic mass is 9.98. The Labute approximate surface area is 200 Å². The van der Waals surface area contributed by atoms with Crippen LogP contribution in [-0.2, 0) is 0 Å². The van der Waals surface area contributed by atoms with Crippen LogP contribution in [0.4, 0.5) is 4.39 Å². The molecule has 6 nitrogen and oxygen atoms in total. The molecule has 2 aromatic carbocycles. The van der Waals surface area contributed by atoms with Crippen molar-refractivity contribution in [3.63, 3.8) is 0 Å². The molecule has 0 aliphatic carbocycles. The molecule has 1 amide bonds. The molecule has 1 atom stereocenters. The summed E-state index contributed by atoms with van der Waals surface area (Å²) in [7, 11) is 3.43.